The second-order valence-electron chi connectivity index (χ2n) is 4.14. The molecule has 0 saturated carbocycles. The van der Waals surface area contributed by atoms with Gasteiger partial charge in [-0.2, -0.15) is 0 Å². The zero-order valence-corrected chi connectivity index (χ0v) is 10.7. The van der Waals surface area contributed by atoms with Crippen molar-refractivity contribution >= 4 is 5.91 Å². The highest BCUT2D eigenvalue weighted by molar-refractivity contribution is 5.80. The zero-order chi connectivity index (χ0) is 13.5. The molecule has 1 aromatic rings. The van der Waals surface area contributed by atoms with Crippen LogP contribution in [0.5, 0.6) is 5.75 Å². The molecule has 1 aromatic carbocycles. The maximum atomic E-state index is 13.0. The standard InChI is InChI=1S/C13H19FN2O2/c1-3-11(8-16-13(17)9(2)15)18-12-6-4-5-10(14)7-12/h4-7,9,11H,3,8,15H2,1-2H3,(H,16,17)/t9-,11?/m0/s1. The van der Waals surface area contributed by atoms with Crippen molar-refractivity contribution in [2.24, 2.45) is 5.73 Å². The lowest BCUT2D eigenvalue weighted by Gasteiger charge is -2.18. The molecule has 5 heteroatoms. The third-order valence-corrected chi connectivity index (χ3v) is 2.47. The number of benzene rings is 1. The van der Waals surface area contributed by atoms with Crippen molar-refractivity contribution in [3.05, 3.63) is 30.1 Å². The summed E-state index contributed by atoms with van der Waals surface area (Å²) in [4.78, 5) is 11.3. The summed E-state index contributed by atoms with van der Waals surface area (Å²) in [6, 6.07) is 5.38. The Morgan fingerprint density at radius 3 is 2.83 bits per heavy atom. The Labute approximate surface area is 106 Å². The number of amides is 1. The van der Waals surface area contributed by atoms with E-state index in [0.717, 1.165) is 0 Å². The lowest BCUT2D eigenvalue weighted by atomic mass is 10.2. The van der Waals surface area contributed by atoms with E-state index in [2.05, 4.69) is 5.32 Å². The van der Waals surface area contributed by atoms with Crippen LogP contribution in [0.2, 0.25) is 0 Å². The van der Waals surface area contributed by atoms with E-state index in [0.29, 0.717) is 18.7 Å². The number of nitrogens with two attached hydrogens (primary N) is 1. The van der Waals surface area contributed by atoms with Gasteiger partial charge in [0.1, 0.15) is 17.7 Å². The third kappa shape index (κ3) is 4.71. The Balaban J connectivity index is 2.49. The summed E-state index contributed by atoms with van der Waals surface area (Å²) in [5.41, 5.74) is 5.43. The van der Waals surface area contributed by atoms with Crippen LogP contribution in [-0.2, 0) is 4.79 Å². The Morgan fingerprint density at radius 1 is 1.56 bits per heavy atom. The molecule has 3 N–H and O–H groups in total. The van der Waals surface area contributed by atoms with E-state index in [1.807, 2.05) is 6.92 Å². The third-order valence-electron chi connectivity index (χ3n) is 2.47. The van der Waals surface area contributed by atoms with Crippen molar-refractivity contribution in [2.45, 2.75) is 32.4 Å². The predicted molar refractivity (Wildman–Crippen MR) is 67.8 cm³/mol. The molecule has 18 heavy (non-hydrogen) atoms. The second-order valence-corrected chi connectivity index (χ2v) is 4.14. The largest absolute Gasteiger partial charge is 0.489 e. The molecule has 1 rings (SSSR count). The van der Waals surface area contributed by atoms with Crippen LogP contribution in [0.15, 0.2) is 24.3 Å². The lowest BCUT2D eigenvalue weighted by Crippen LogP contribution is -2.42. The first-order chi connectivity index (χ1) is 8.52. The first kappa shape index (κ1) is 14.4. The number of hydrogen-bond donors (Lipinski definition) is 2. The molecule has 0 aliphatic heterocycles. The summed E-state index contributed by atoms with van der Waals surface area (Å²) in [5, 5.41) is 2.69. The Hall–Kier alpha value is -1.62. The van der Waals surface area contributed by atoms with Crippen molar-refractivity contribution in [3.63, 3.8) is 0 Å². The topological polar surface area (TPSA) is 64.4 Å². The number of carbonyl (C=O) groups excluding carboxylic acids is 1. The van der Waals surface area contributed by atoms with Crippen molar-refractivity contribution in [2.75, 3.05) is 6.54 Å². The van der Waals surface area contributed by atoms with Gasteiger partial charge in [-0.3, -0.25) is 4.79 Å². The average molecular weight is 254 g/mol. The van der Waals surface area contributed by atoms with Gasteiger partial charge in [0.05, 0.1) is 12.6 Å². The highest BCUT2D eigenvalue weighted by Gasteiger charge is 2.12. The zero-order valence-electron chi connectivity index (χ0n) is 10.7. The maximum absolute atomic E-state index is 13.0. The number of rotatable bonds is 6. The first-order valence-electron chi connectivity index (χ1n) is 5.98. The van der Waals surface area contributed by atoms with Crippen LogP contribution < -0.4 is 15.8 Å². The molecule has 0 spiro atoms. The second kappa shape index (κ2) is 6.96. The van der Waals surface area contributed by atoms with Gasteiger partial charge < -0.3 is 15.8 Å². The molecule has 0 aromatic heterocycles. The van der Waals surface area contributed by atoms with Gasteiger partial charge in [0, 0.05) is 6.07 Å². The molecule has 0 saturated heterocycles. The van der Waals surface area contributed by atoms with Crippen LogP contribution in [0.1, 0.15) is 20.3 Å². The number of ether oxygens (including phenoxy) is 1. The summed E-state index contributed by atoms with van der Waals surface area (Å²) in [6.07, 6.45) is 0.505. The summed E-state index contributed by atoms with van der Waals surface area (Å²) < 4.78 is 18.6. The van der Waals surface area contributed by atoms with Gasteiger partial charge in [-0.25, -0.2) is 4.39 Å². The molecule has 0 radical (unpaired) electrons. The summed E-state index contributed by atoms with van der Waals surface area (Å²) in [7, 11) is 0. The van der Waals surface area contributed by atoms with E-state index in [1.165, 1.54) is 12.1 Å². The van der Waals surface area contributed by atoms with E-state index >= 15 is 0 Å². The van der Waals surface area contributed by atoms with Gasteiger partial charge >= 0.3 is 0 Å². The van der Waals surface area contributed by atoms with Crippen molar-refractivity contribution in [1.82, 2.24) is 5.32 Å². The fourth-order valence-electron chi connectivity index (χ4n) is 1.38. The van der Waals surface area contributed by atoms with Gasteiger partial charge in [0.2, 0.25) is 5.91 Å². The van der Waals surface area contributed by atoms with Crippen molar-refractivity contribution in [3.8, 4) is 5.75 Å². The SMILES string of the molecule is CCC(CNC(=O)[C@H](C)N)Oc1cccc(F)c1. The van der Waals surface area contributed by atoms with Crippen LogP contribution in [0.25, 0.3) is 0 Å². The van der Waals surface area contributed by atoms with Crippen molar-refractivity contribution < 1.29 is 13.9 Å². The van der Waals surface area contributed by atoms with E-state index in [4.69, 9.17) is 10.5 Å². The monoisotopic (exact) mass is 254 g/mol. The number of carbonyl (C=O) groups is 1. The lowest BCUT2D eigenvalue weighted by molar-refractivity contribution is -0.122. The predicted octanol–water partition coefficient (Wildman–Crippen LogP) is 1.45. The molecular formula is C13H19FN2O2. The normalized spacial score (nSPS) is 13.8. The molecule has 0 bridgehead atoms. The van der Waals surface area contributed by atoms with Gasteiger partial charge in [-0.15, -0.1) is 0 Å². The van der Waals surface area contributed by atoms with Gasteiger partial charge in [-0.1, -0.05) is 13.0 Å². The fraction of sp³-hybridized carbons (Fsp3) is 0.462. The number of hydrogen-bond acceptors (Lipinski definition) is 3. The van der Waals surface area contributed by atoms with Gasteiger partial charge in [0.25, 0.3) is 0 Å². The molecule has 1 amide bonds. The smallest absolute Gasteiger partial charge is 0.236 e. The molecule has 100 valence electrons. The quantitative estimate of drug-likeness (QED) is 0.807. The van der Waals surface area contributed by atoms with E-state index in [-0.39, 0.29) is 17.8 Å². The van der Waals surface area contributed by atoms with E-state index in [1.54, 1.807) is 19.1 Å². The number of nitrogens with one attached hydrogen (secondary N) is 1. The highest BCUT2D eigenvalue weighted by atomic mass is 19.1. The molecular weight excluding hydrogens is 235 g/mol. The van der Waals surface area contributed by atoms with Crippen LogP contribution in [0.4, 0.5) is 4.39 Å². The Kier molecular flexibility index (Phi) is 5.58. The molecule has 0 aliphatic rings. The Bertz CT molecular complexity index is 396. The highest BCUT2D eigenvalue weighted by Crippen LogP contribution is 2.14. The average Bonchev–Trinajstić information content (AvgIpc) is 2.33. The molecule has 4 nitrogen and oxygen atoms in total. The van der Waals surface area contributed by atoms with Gasteiger partial charge in [0.15, 0.2) is 0 Å². The van der Waals surface area contributed by atoms with Gasteiger partial charge in [-0.05, 0) is 25.5 Å². The molecule has 0 fully saturated rings. The van der Waals surface area contributed by atoms with Crippen LogP contribution in [0.3, 0.4) is 0 Å². The minimum atomic E-state index is -0.545. The molecule has 0 aliphatic carbocycles. The van der Waals surface area contributed by atoms with Crippen molar-refractivity contribution in [1.29, 1.82) is 0 Å². The van der Waals surface area contributed by atoms with Crippen LogP contribution in [0, 0.1) is 5.82 Å². The fourth-order valence-corrected chi connectivity index (χ4v) is 1.38. The Morgan fingerprint density at radius 2 is 2.28 bits per heavy atom. The molecule has 2 atom stereocenters. The molecule has 1 unspecified atom stereocenters. The van der Waals surface area contributed by atoms with Crippen LogP contribution in [-0.4, -0.2) is 24.6 Å². The maximum Gasteiger partial charge on any atom is 0.236 e. The summed E-state index contributed by atoms with van der Waals surface area (Å²) in [6.45, 7) is 3.90. The van der Waals surface area contributed by atoms with Crippen LogP contribution >= 0.6 is 0 Å². The summed E-state index contributed by atoms with van der Waals surface area (Å²) >= 11 is 0. The minimum Gasteiger partial charge on any atom is -0.489 e. The number of halogens is 1. The summed E-state index contributed by atoms with van der Waals surface area (Å²) in [5.74, 6) is -0.116. The molecule has 0 heterocycles. The van der Waals surface area contributed by atoms with E-state index < -0.39 is 6.04 Å². The first-order valence-corrected chi connectivity index (χ1v) is 5.98. The van der Waals surface area contributed by atoms with E-state index in [9.17, 15) is 9.18 Å². The minimum absolute atomic E-state index is 0.200.